The lowest BCUT2D eigenvalue weighted by Crippen LogP contribution is -2.44. The highest BCUT2D eigenvalue weighted by Gasteiger charge is 2.38. The zero-order valence-electron chi connectivity index (χ0n) is 12.2. The second kappa shape index (κ2) is 5.32. The van der Waals surface area contributed by atoms with Crippen LogP contribution in [-0.2, 0) is 11.3 Å². The predicted octanol–water partition coefficient (Wildman–Crippen LogP) is 0.508. The van der Waals surface area contributed by atoms with Gasteiger partial charge in [-0.2, -0.15) is 0 Å². The SMILES string of the molecule is CCCn1c(N)c(NC2(C)CCOC2C)c(=O)[nH]c1=O. The summed E-state index contributed by atoms with van der Waals surface area (Å²) in [6.07, 6.45) is 1.50. The first-order valence-corrected chi connectivity index (χ1v) is 6.91. The van der Waals surface area contributed by atoms with Crippen molar-refractivity contribution >= 4 is 11.5 Å². The molecule has 2 rings (SSSR count). The van der Waals surface area contributed by atoms with Crippen LogP contribution in [0.3, 0.4) is 0 Å². The van der Waals surface area contributed by atoms with Crippen molar-refractivity contribution in [1.82, 2.24) is 9.55 Å². The van der Waals surface area contributed by atoms with E-state index in [0.717, 1.165) is 12.8 Å². The van der Waals surface area contributed by atoms with Gasteiger partial charge < -0.3 is 15.8 Å². The van der Waals surface area contributed by atoms with Crippen molar-refractivity contribution in [2.24, 2.45) is 0 Å². The third kappa shape index (κ3) is 2.45. The van der Waals surface area contributed by atoms with Crippen molar-refractivity contribution in [3.63, 3.8) is 0 Å². The average molecular weight is 282 g/mol. The van der Waals surface area contributed by atoms with Crippen molar-refractivity contribution in [3.05, 3.63) is 20.8 Å². The van der Waals surface area contributed by atoms with Gasteiger partial charge >= 0.3 is 5.69 Å². The number of nitrogens with one attached hydrogen (secondary N) is 2. The van der Waals surface area contributed by atoms with Crippen LogP contribution in [0.5, 0.6) is 0 Å². The summed E-state index contributed by atoms with van der Waals surface area (Å²) in [5.41, 5.74) is 4.92. The maximum Gasteiger partial charge on any atom is 0.330 e. The molecule has 1 aliphatic rings. The van der Waals surface area contributed by atoms with E-state index in [4.69, 9.17) is 10.5 Å². The Hall–Kier alpha value is -1.76. The standard InChI is InChI=1S/C13H22N4O3/c1-4-6-17-10(14)9(11(18)15-12(17)19)16-13(3)5-7-20-8(13)2/h8,16H,4-7,14H2,1-3H3,(H,15,18,19). The number of aromatic nitrogens is 2. The number of ether oxygens (including phenoxy) is 1. The fourth-order valence-corrected chi connectivity index (χ4v) is 2.44. The van der Waals surface area contributed by atoms with E-state index in [1.54, 1.807) is 0 Å². The summed E-state index contributed by atoms with van der Waals surface area (Å²) in [5.74, 6) is 0.181. The first-order chi connectivity index (χ1) is 9.39. The number of anilines is 2. The van der Waals surface area contributed by atoms with E-state index in [-0.39, 0.29) is 23.1 Å². The van der Waals surface area contributed by atoms with Crippen LogP contribution in [0.2, 0.25) is 0 Å². The van der Waals surface area contributed by atoms with Gasteiger partial charge in [0.2, 0.25) is 0 Å². The Kier molecular flexibility index (Phi) is 3.89. The zero-order valence-corrected chi connectivity index (χ0v) is 12.2. The first-order valence-electron chi connectivity index (χ1n) is 6.91. The molecule has 7 heteroatoms. The molecule has 112 valence electrons. The summed E-state index contributed by atoms with van der Waals surface area (Å²) in [4.78, 5) is 26.1. The minimum atomic E-state index is -0.486. The highest BCUT2D eigenvalue weighted by Crippen LogP contribution is 2.29. The third-order valence-electron chi connectivity index (χ3n) is 3.98. The Balaban J connectivity index is 2.44. The molecule has 2 unspecified atom stereocenters. The van der Waals surface area contributed by atoms with Crippen molar-refractivity contribution in [3.8, 4) is 0 Å². The topological polar surface area (TPSA) is 102 Å². The van der Waals surface area contributed by atoms with E-state index >= 15 is 0 Å². The van der Waals surface area contributed by atoms with Gasteiger partial charge in [0.1, 0.15) is 11.5 Å². The van der Waals surface area contributed by atoms with Crippen LogP contribution in [0.25, 0.3) is 0 Å². The monoisotopic (exact) mass is 282 g/mol. The number of nitrogen functional groups attached to an aromatic ring is 1. The Morgan fingerprint density at radius 2 is 2.25 bits per heavy atom. The molecule has 0 spiro atoms. The fraction of sp³-hybridized carbons (Fsp3) is 0.692. The molecule has 2 heterocycles. The number of aromatic amines is 1. The number of H-pyrrole nitrogens is 1. The van der Waals surface area contributed by atoms with E-state index in [0.29, 0.717) is 13.2 Å². The summed E-state index contributed by atoms with van der Waals surface area (Å²) >= 11 is 0. The van der Waals surface area contributed by atoms with Crippen LogP contribution in [-0.4, -0.2) is 27.8 Å². The molecule has 1 saturated heterocycles. The molecule has 1 aromatic rings. The van der Waals surface area contributed by atoms with Crippen molar-refractivity contribution in [2.45, 2.75) is 51.8 Å². The van der Waals surface area contributed by atoms with Crippen molar-refractivity contribution < 1.29 is 4.74 Å². The van der Waals surface area contributed by atoms with E-state index < -0.39 is 11.2 Å². The van der Waals surface area contributed by atoms with Crippen LogP contribution in [0.4, 0.5) is 11.5 Å². The fourth-order valence-electron chi connectivity index (χ4n) is 2.44. The summed E-state index contributed by atoms with van der Waals surface area (Å²) in [6, 6.07) is 0. The van der Waals surface area contributed by atoms with Gasteiger partial charge in [-0.1, -0.05) is 6.92 Å². The minimum absolute atomic E-state index is 0.0344. The summed E-state index contributed by atoms with van der Waals surface area (Å²) in [7, 11) is 0. The van der Waals surface area contributed by atoms with Gasteiger partial charge in [0.25, 0.3) is 5.56 Å². The zero-order chi connectivity index (χ0) is 14.9. The van der Waals surface area contributed by atoms with Gasteiger partial charge in [-0.05, 0) is 26.7 Å². The van der Waals surface area contributed by atoms with Gasteiger partial charge in [0, 0.05) is 13.2 Å². The molecular weight excluding hydrogens is 260 g/mol. The molecule has 0 bridgehead atoms. The lowest BCUT2D eigenvalue weighted by atomic mass is 9.94. The van der Waals surface area contributed by atoms with Gasteiger partial charge in [-0.25, -0.2) is 4.79 Å². The Morgan fingerprint density at radius 3 is 2.80 bits per heavy atom. The molecule has 7 nitrogen and oxygen atoms in total. The van der Waals surface area contributed by atoms with Crippen molar-refractivity contribution in [1.29, 1.82) is 0 Å². The normalized spacial score (nSPS) is 25.9. The molecule has 0 aliphatic carbocycles. The van der Waals surface area contributed by atoms with E-state index in [1.807, 2.05) is 20.8 Å². The highest BCUT2D eigenvalue weighted by molar-refractivity contribution is 5.62. The number of nitrogens with zero attached hydrogens (tertiary/aromatic N) is 1. The molecule has 0 radical (unpaired) electrons. The molecule has 0 aromatic carbocycles. The van der Waals surface area contributed by atoms with Crippen LogP contribution in [0, 0.1) is 0 Å². The van der Waals surface area contributed by atoms with Gasteiger partial charge in [0.05, 0.1) is 11.6 Å². The van der Waals surface area contributed by atoms with E-state index in [1.165, 1.54) is 4.57 Å². The highest BCUT2D eigenvalue weighted by atomic mass is 16.5. The smallest absolute Gasteiger partial charge is 0.330 e. The molecule has 0 saturated carbocycles. The second-order valence-corrected chi connectivity index (χ2v) is 5.48. The second-order valence-electron chi connectivity index (χ2n) is 5.48. The molecule has 2 atom stereocenters. The van der Waals surface area contributed by atoms with Crippen molar-refractivity contribution in [2.75, 3.05) is 17.7 Å². The molecular formula is C13H22N4O3. The Morgan fingerprint density at radius 1 is 1.55 bits per heavy atom. The summed E-state index contributed by atoms with van der Waals surface area (Å²) in [5, 5.41) is 3.18. The van der Waals surface area contributed by atoms with Gasteiger partial charge in [-0.15, -0.1) is 0 Å². The Bertz CT molecular complexity index is 607. The maximum absolute atomic E-state index is 12.0. The van der Waals surface area contributed by atoms with Crippen LogP contribution in [0.1, 0.15) is 33.6 Å². The number of nitrogens with two attached hydrogens (primary N) is 1. The Labute approximate surface area is 117 Å². The molecule has 1 aromatic heterocycles. The predicted molar refractivity (Wildman–Crippen MR) is 78.1 cm³/mol. The lowest BCUT2D eigenvalue weighted by molar-refractivity contribution is 0.105. The first kappa shape index (κ1) is 14.6. The minimum Gasteiger partial charge on any atom is -0.383 e. The quantitative estimate of drug-likeness (QED) is 0.746. The van der Waals surface area contributed by atoms with E-state index in [2.05, 4.69) is 10.3 Å². The largest absolute Gasteiger partial charge is 0.383 e. The third-order valence-corrected chi connectivity index (χ3v) is 3.98. The van der Waals surface area contributed by atoms with Crippen LogP contribution < -0.4 is 22.3 Å². The van der Waals surface area contributed by atoms with E-state index in [9.17, 15) is 9.59 Å². The molecule has 1 fully saturated rings. The summed E-state index contributed by atoms with van der Waals surface area (Å²) < 4.78 is 6.92. The van der Waals surface area contributed by atoms with Crippen LogP contribution >= 0.6 is 0 Å². The molecule has 20 heavy (non-hydrogen) atoms. The number of hydrogen-bond donors (Lipinski definition) is 3. The van der Waals surface area contributed by atoms with Gasteiger partial charge in [0.15, 0.2) is 0 Å². The molecule has 1 aliphatic heterocycles. The van der Waals surface area contributed by atoms with Crippen LogP contribution in [0.15, 0.2) is 9.59 Å². The summed E-state index contributed by atoms with van der Waals surface area (Å²) in [6.45, 7) is 6.99. The molecule has 4 N–H and O–H groups in total. The maximum atomic E-state index is 12.0. The molecule has 0 amide bonds. The van der Waals surface area contributed by atoms with Gasteiger partial charge in [-0.3, -0.25) is 14.3 Å². The average Bonchev–Trinajstić information content (AvgIpc) is 2.71. The number of hydrogen-bond acceptors (Lipinski definition) is 5. The lowest BCUT2D eigenvalue weighted by Gasteiger charge is -2.30. The number of rotatable bonds is 4.